The highest BCUT2D eigenvalue weighted by Gasteiger charge is 2.17. The number of rotatable bonds is 7. The van der Waals surface area contributed by atoms with Crippen molar-refractivity contribution in [3.63, 3.8) is 0 Å². The van der Waals surface area contributed by atoms with E-state index in [2.05, 4.69) is 0 Å². The molecule has 2 N–H and O–H groups in total. The van der Waals surface area contributed by atoms with E-state index in [9.17, 15) is 8.42 Å². The van der Waals surface area contributed by atoms with Gasteiger partial charge in [-0.3, -0.25) is 0 Å². The minimum absolute atomic E-state index is 0.178. The van der Waals surface area contributed by atoms with Gasteiger partial charge in [0.1, 0.15) is 0 Å². The second-order valence-electron chi connectivity index (χ2n) is 2.94. The van der Waals surface area contributed by atoms with Gasteiger partial charge in [-0.1, -0.05) is 6.92 Å². The normalized spacial score (nSPS) is 12.3. The van der Waals surface area contributed by atoms with Crippen molar-refractivity contribution in [2.24, 2.45) is 5.73 Å². The first-order valence-electron chi connectivity index (χ1n) is 4.76. The molecule has 0 amide bonds. The molecule has 0 saturated heterocycles. The standard InChI is InChI=1S/C8H20N2O2S/c1-3-7-10(8-5-6-9)13(11,12)4-2/h3-9H2,1-2H3. The first kappa shape index (κ1) is 12.9. The Morgan fingerprint density at radius 2 is 1.85 bits per heavy atom. The predicted molar refractivity (Wildman–Crippen MR) is 55.0 cm³/mol. The first-order valence-corrected chi connectivity index (χ1v) is 6.37. The quantitative estimate of drug-likeness (QED) is 0.658. The van der Waals surface area contributed by atoms with Crippen LogP contribution in [-0.2, 0) is 10.0 Å². The summed E-state index contributed by atoms with van der Waals surface area (Å²) in [6, 6.07) is 0. The summed E-state index contributed by atoms with van der Waals surface area (Å²) >= 11 is 0. The van der Waals surface area contributed by atoms with Crippen LogP contribution in [0.4, 0.5) is 0 Å². The van der Waals surface area contributed by atoms with Crippen LogP contribution in [0.25, 0.3) is 0 Å². The van der Waals surface area contributed by atoms with Crippen molar-refractivity contribution in [2.75, 3.05) is 25.4 Å². The molecule has 0 unspecified atom stereocenters. The molecule has 0 aliphatic carbocycles. The van der Waals surface area contributed by atoms with Crippen LogP contribution in [0.15, 0.2) is 0 Å². The molecular formula is C8H20N2O2S. The molecule has 0 spiro atoms. The molecule has 0 rings (SSSR count). The third-order valence-corrected chi connectivity index (χ3v) is 3.72. The van der Waals surface area contributed by atoms with Gasteiger partial charge in [0, 0.05) is 13.1 Å². The van der Waals surface area contributed by atoms with Crippen molar-refractivity contribution in [1.82, 2.24) is 4.31 Å². The molecule has 0 aromatic heterocycles. The summed E-state index contributed by atoms with van der Waals surface area (Å²) < 4.78 is 24.5. The largest absolute Gasteiger partial charge is 0.330 e. The molecule has 5 heteroatoms. The Morgan fingerprint density at radius 1 is 1.23 bits per heavy atom. The van der Waals surface area contributed by atoms with Crippen LogP contribution in [0, 0.1) is 0 Å². The highest BCUT2D eigenvalue weighted by Crippen LogP contribution is 2.03. The second kappa shape index (κ2) is 6.34. The van der Waals surface area contributed by atoms with Crippen LogP contribution >= 0.6 is 0 Å². The molecule has 0 heterocycles. The summed E-state index contributed by atoms with van der Waals surface area (Å²) in [5.41, 5.74) is 5.34. The van der Waals surface area contributed by atoms with Crippen molar-refractivity contribution in [3.05, 3.63) is 0 Å². The fourth-order valence-corrected chi connectivity index (χ4v) is 2.32. The van der Waals surface area contributed by atoms with Crippen LogP contribution < -0.4 is 5.73 Å². The molecule has 80 valence electrons. The van der Waals surface area contributed by atoms with Gasteiger partial charge in [-0.05, 0) is 26.3 Å². The fourth-order valence-electron chi connectivity index (χ4n) is 1.09. The number of hydrogen-bond acceptors (Lipinski definition) is 3. The SMILES string of the molecule is CCCN(CCCN)S(=O)(=O)CC. The zero-order valence-corrected chi connectivity index (χ0v) is 9.31. The minimum Gasteiger partial charge on any atom is -0.330 e. The van der Waals surface area contributed by atoms with Crippen molar-refractivity contribution in [2.45, 2.75) is 26.7 Å². The van der Waals surface area contributed by atoms with Gasteiger partial charge in [0.15, 0.2) is 0 Å². The van der Waals surface area contributed by atoms with E-state index in [4.69, 9.17) is 5.73 Å². The Hall–Kier alpha value is -0.130. The number of nitrogens with zero attached hydrogens (tertiary/aromatic N) is 1. The van der Waals surface area contributed by atoms with Crippen molar-refractivity contribution in [3.8, 4) is 0 Å². The van der Waals surface area contributed by atoms with Crippen LogP contribution in [-0.4, -0.2) is 38.1 Å². The molecule has 0 bridgehead atoms. The molecule has 0 saturated carbocycles. The highest BCUT2D eigenvalue weighted by molar-refractivity contribution is 7.89. The topological polar surface area (TPSA) is 63.4 Å². The molecule has 0 fully saturated rings. The van der Waals surface area contributed by atoms with Gasteiger partial charge in [-0.25, -0.2) is 12.7 Å². The molecular weight excluding hydrogens is 188 g/mol. The molecule has 0 aromatic rings. The van der Waals surface area contributed by atoms with E-state index in [-0.39, 0.29) is 5.75 Å². The summed E-state index contributed by atoms with van der Waals surface area (Å²) in [6.07, 6.45) is 1.59. The molecule has 0 aliphatic heterocycles. The Labute approximate surface area is 81.2 Å². The van der Waals surface area contributed by atoms with Gasteiger partial charge >= 0.3 is 0 Å². The average molecular weight is 208 g/mol. The van der Waals surface area contributed by atoms with Crippen molar-refractivity contribution < 1.29 is 8.42 Å². The van der Waals surface area contributed by atoms with E-state index in [1.54, 1.807) is 6.92 Å². The molecule has 0 aromatic carbocycles. The van der Waals surface area contributed by atoms with E-state index in [1.165, 1.54) is 4.31 Å². The zero-order chi connectivity index (χ0) is 10.3. The summed E-state index contributed by atoms with van der Waals surface area (Å²) in [4.78, 5) is 0. The molecule has 0 aliphatic rings. The third-order valence-electron chi connectivity index (χ3n) is 1.84. The Kier molecular flexibility index (Phi) is 6.28. The Balaban J connectivity index is 4.23. The van der Waals surface area contributed by atoms with E-state index in [0.29, 0.717) is 19.6 Å². The van der Waals surface area contributed by atoms with Crippen LogP contribution in [0.2, 0.25) is 0 Å². The van der Waals surface area contributed by atoms with Crippen LogP contribution in [0.1, 0.15) is 26.7 Å². The maximum atomic E-state index is 11.5. The maximum absolute atomic E-state index is 11.5. The number of sulfonamides is 1. The summed E-state index contributed by atoms with van der Waals surface area (Å²) in [5, 5.41) is 0. The molecule has 0 radical (unpaired) electrons. The van der Waals surface area contributed by atoms with Gasteiger partial charge in [-0.2, -0.15) is 0 Å². The lowest BCUT2D eigenvalue weighted by atomic mass is 10.4. The fraction of sp³-hybridized carbons (Fsp3) is 1.00. The number of hydrogen-bond donors (Lipinski definition) is 1. The molecule has 0 atom stereocenters. The van der Waals surface area contributed by atoms with E-state index < -0.39 is 10.0 Å². The monoisotopic (exact) mass is 208 g/mol. The summed E-state index contributed by atoms with van der Waals surface area (Å²) in [6.45, 7) is 5.34. The third kappa shape index (κ3) is 4.59. The van der Waals surface area contributed by atoms with Crippen molar-refractivity contribution >= 4 is 10.0 Å². The molecule has 4 nitrogen and oxygen atoms in total. The predicted octanol–water partition coefficient (Wildman–Crippen LogP) is 0.397. The lowest BCUT2D eigenvalue weighted by molar-refractivity contribution is 0.407. The second-order valence-corrected chi connectivity index (χ2v) is 5.20. The Morgan fingerprint density at radius 3 is 2.23 bits per heavy atom. The van der Waals surface area contributed by atoms with Gasteiger partial charge in [-0.15, -0.1) is 0 Å². The van der Waals surface area contributed by atoms with E-state index in [1.807, 2.05) is 6.92 Å². The van der Waals surface area contributed by atoms with Gasteiger partial charge in [0.25, 0.3) is 0 Å². The smallest absolute Gasteiger partial charge is 0.213 e. The van der Waals surface area contributed by atoms with Crippen LogP contribution in [0.3, 0.4) is 0 Å². The van der Waals surface area contributed by atoms with Gasteiger partial charge < -0.3 is 5.73 Å². The average Bonchev–Trinajstić information content (AvgIpc) is 2.12. The summed E-state index contributed by atoms with van der Waals surface area (Å²) in [7, 11) is -3.02. The van der Waals surface area contributed by atoms with Gasteiger partial charge in [0.05, 0.1) is 5.75 Å². The lowest BCUT2D eigenvalue weighted by Gasteiger charge is -2.20. The van der Waals surface area contributed by atoms with E-state index in [0.717, 1.165) is 12.8 Å². The lowest BCUT2D eigenvalue weighted by Crippen LogP contribution is -2.34. The molecule has 13 heavy (non-hydrogen) atoms. The van der Waals surface area contributed by atoms with Crippen LogP contribution in [0.5, 0.6) is 0 Å². The number of nitrogens with two attached hydrogens (primary N) is 1. The zero-order valence-electron chi connectivity index (χ0n) is 8.49. The van der Waals surface area contributed by atoms with E-state index >= 15 is 0 Å². The first-order chi connectivity index (χ1) is 6.08. The minimum atomic E-state index is -3.02. The van der Waals surface area contributed by atoms with Gasteiger partial charge in [0.2, 0.25) is 10.0 Å². The highest BCUT2D eigenvalue weighted by atomic mass is 32.2. The van der Waals surface area contributed by atoms with Crippen molar-refractivity contribution in [1.29, 1.82) is 0 Å². The Bertz CT molecular complexity index is 214. The maximum Gasteiger partial charge on any atom is 0.213 e. The summed E-state index contributed by atoms with van der Waals surface area (Å²) in [5.74, 6) is 0.178.